The average molecular weight is 272 g/mol. The molecule has 1 atom stereocenters. The number of halogens is 1. The SMILES string of the molecule is CC(O)C(C)(C)NC(=O)COc1ccccc1Cl. The minimum Gasteiger partial charge on any atom is -0.482 e. The Morgan fingerprint density at radius 2 is 2.11 bits per heavy atom. The molecule has 1 rings (SSSR count). The number of benzene rings is 1. The number of amides is 1. The maximum absolute atomic E-state index is 11.7. The first-order valence-electron chi connectivity index (χ1n) is 5.69. The number of hydrogen-bond donors (Lipinski definition) is 2. The van der Waals surface area contributed by atoms with Crippen LogP contribution < -0.4 is 10.1 Å². The van der Waals surface area contributed by atoms with Crippen LogP contribution in [0.1, 0.15) is 20.8 Å². The monoisotopic (exact) mass is 271 g/mol. The fourth-order valence-corrected chi connectivity index (χ4v) is 1.40. The number of carbonyl (C=O) groups excluding carboxylic acids is 1. The molecule has 0 fully saturated rings. The van der Waals surface area contributed by atoms with E-state index in [1.807, 2.05) is 0 Å². The molecule has 4 nitrogen and oxygen atoms in total. The van der Waals surface area contributed by atoms with Gasteiger partial charge in [0.25, 0.3) is 5.91 Å². The molecule has 0 saturated heterocycles. The van der Waals surface area contributed by atoms with Gasteiger partial charge in [0.05, 0.1) is 16.7 Å². The predicted octanol–water partition coefficient (Wildman–Crippen LogP) is 1.99. The van der Waals surface area contributed by atoms with Crippen LogP contribution in [0.25, 0.3) is 0 Å². The number of rotatable bonds is 5. The minimum absolute atomic E-state index is 0.139. The Labute approximate surface area is 112 Å². The Kier molecular flexibility index (Phi) is 4.99. The van der Waals surface area contributed by atoms with Crippen molar-refractivity contribution in [2.45, 2.75) is 32.4 Å². The quantitative estimate of drug-likeness (QED) is 0.861. The second-order valence-corrected chi connectivity index (χ2v) is 5.07. The molecular weight excluding hydrogens is 254 g/mol. The topological polar surface area (TPSA) is 58.6 Å². The second kappa shape index (κ2) is 6.07. The van der Waals surface area contributed by atoms with E-state index in [2.05, 4.69) is 5.32 Å². The Balaban J connectivity index is 2.50. The van der Waals surface area contributed by atoms with Gasteiger partial charge in [0, 0.05) is 0 Å². The van der Waals surface area contributed by atoms with Crippen molar-refractivity contribution in [3.05, 3.63) is 29.3 Å². The van der Waals surface area contributed by atoms with E-state index in [0.717, 1.165) is 0 Å². The molecule has 0 heterocycles. The summed E-state index contributed by atoms with van der Waals surface area (Å²) in [5.41, 5.74) is -0.694. The highest BCUT2D eigenvalue weighted by Gasteiger charge is 2.26. The van der Waals surface area contributed by atoms with Crippen molar-refractivity contribution in [3.8, 4) is 5.75 Å². The van der Waals surface area contributed by atoms with E-state index in [9.17, 15) is 9.90 Å². The number of nitrogens with one attached hydrogen (secondary N) is 1. The number of para-hydroxylation sites is 1. The maximum atomic E-state index is 11.7. The number of aliphatic hydroxyl groups excluding tert-OH is 1. The summed E-state index contributed by atoms with van der Waals surface area (Å²) in [6.07, 6.45) is -0.651. The maximum Gasteiger partial charge on any atom is 0.258 e. The van der Waals surface area contributed by atoms with Crippen LogP contribution in [0.3, 0.4) is 0 Å². The third-order valence-electron chi connectivity index (χ3n) is 2.70. The molecule has 5 heteroatoms. The van der Waals surface area contributed by atoms with Crippen molar-refractivity contribution in [2.75, 3.05) is 6.61 Å². The van der Waals surface area contributed by atoms with E-state index < -0.39 is 11.6 Å². The van der Waals surface area contributed by atoms with Gasteiger partial charge in [-0.25, -0.2) is 0 Å². The Hall–Kier alpha value is -1.26. The third-order valence-corrected chi connectivity index (χ3v) is 3.01. The van der Waals surface area contributed by atoms with Gasteiger partial charge in [0.2, 0.25) is 0 Å². The first kappa shape index (κ1) is 14.8. The Morgan fingerprint density at radius 1 is 1.50 bits per heavy atom. The third kappa shape index (κ3) is 4.20. The van der Waals surface area contributed by atoms with Crippen molar-refractivity contribution in [1.82, 2.24) is 5.32 Å². The van der Waals surface area contributed by atoms with Crippen LogP contribution in [0.15, 0.2) is 24.3 Å². The first-order valence-corrected chi connectivity index (χ1v) is 6.07. The van der Waals surface area contributed by atoms with Gasteiger partial charge in [0.1, 0.15) is 5.75 Å². The van der Waals surface area contributed by atoms with E-state index >= 15 is 0 Å². The zero-order valence-electron chi connectivity index (χ0n) is 10.7. The molecule has 0 bridgehead atoms. The highest BCUT2D eigenvalue weighted by atomic mass is 35.5. The van der Waals surface area contributed by atoms with Gasteiger partial charge < -0.3 is 15.2 Å². The molecule has 0 radical (unpaired) electrons. The molecule has 0 spiro atoms. The standard InChI is InChI=1S/C13H18ClNO3/c1-9(16)13(2,3)15-12(17)8-18-11-7-5-4-6-10(11)14/h4-7,9,16H,8H2,1-3H3,(H,15,17). The second-order valence-electron chi connectivity index (χ2n) is 4.66. The lowest BCUT2D eigenvalue weighted by molar-refractivity contribution is -0.126. The van der Waals surface area contributed by atoms with Gasteiger partial charge in [-0.2, -0.15) is 0 Å². The normalized spacial score (nSPS) is 12.9. The smallest absolute Gasteiger partial charge is 0.258 e. The van der Waals surface area contributed by atoms with Gasteiger partial charge in [-0.15, -0.1) is 0 Å². The molecule has 0 aliphatic carbocycles. The molecule has 1 amide bonds. The zero-order valence-corrected chi connectivity index (χ0v) is 11.5. The molecular formula is C13H18ClNO3. The van der Waals surface area contributed by atoms with E-state index in [0.29, 0.717) is 10.8 Å². The zero-order chi connectivity index (χ0) is 13.8. The molecule has 0 aliphatic heterocycles. The molecule has 100 valence electrons. The van der Waals surface area contributed by atoms with Gasteiger partial charge in [0.15, 0.2) is 6.61 Å². The van der Waals surface area contributed by atoms with Crippen LogP contribution >= 0.6 is 11.6 Å². The summed E-state index contributed by atoms with van der Waals surface area (Å²) >= 11 is 5.89. The van der Waals surface area contributed by atoms with Crippen molar-refractivity contribution in [3.63, 3.8) is 0 Å². The lowest BCUT2D eigenvalue weighted by Crippen LogP contribution is -2.52. The van der Waals surface area contributed by atoms with Crippen LogP contribution in [0, 0.1) is 0 Å². The predicted molar refractivity (Wildman–Crippen MR) is 70.8 cm³/mol. The number of carbonyl (C=O) groups is 1. The number of ether oxygens (including phenoxy) is 1. The van der Waals surface area contributed by atoms with E-state index in [4.69, 9.17) is 16.3 Å². The molecule has 0 aromatic heterocycles. The van der Waals surface area contributed by atoms with Gasteiger partial charge in [-0.05, 0) is 32.9 Å². The summed E-state index contributed by atoms with van der Waals surface area (Å²) < 4.78 is 5.30. The molecule has 1 unspecified atom stereocenters. The van der Waals surface area contributed by atoms with Crippen molar-refractivity contribution in [2.24, 2.45) is 0 Å². The lowest BCUT2D eigenvalue weighted by atomic mass is 9.99. The molecule has 18 heavy (non-hydrogen) atoms. The highest BCUT2D eigenvalue weighted by molar-refractivity contribution is 6.32. The summed E-state index contributed by atoms with van der Waals surface area (Å²) in [4.78, 5) is 11.7. The van der Waals surface area contributed by atoms with Gasteiger partial charge in [-0.3, -0.25) is 4.79 Å². The lowest BCUT2D eigenvalue weighted by Gasteiger charge is -2.29. The Bertz CT molecular complexity index is 418. The minimum atomic E-state index is -0.694. The van der Waals surface area contributed by atoms with Crippen LogP contribution in [0.2, 0.25) is 5.02 Å². The summed E-state index contributed by atoms with van der Waals surface area (Å²) in [7, 11) is 0. The molecule has 0 saturated carbocycles. The van der Waals surface area contributed by atoms with E-state index in [1.54, 1.807) is 45.0 Å². The molecule has 1 aromatic carbocycles. The largest absolute Gasteiger partial charge is 0.482 e. The fourth-order valence-electron chi connectivity index (χ4n) is 1.20. The van der Waals surface area contributed by atoms with Gasteiger partial charge >= 0.3 is 0 Å². The summed E-state index contributed by atoms with van der Waals surface area (Å²) in [5.74, 6) is 0.157. The van der Waals surface area contributed by atoms with Crippen LogP contribution in [0.5, 0.6) is 5.75 Å². The molecule has 2 N–H and O–H groups in total. The van der Waals surface area contributed by atoms with Crippen molar-refractivity contribution < 1.29 is 14.6 Å². The van der Waals surface area contributed by atoms with Gasteiger partial charge in [-0.1, -0.05) is 23.7 Å². The number of hydrogen-bond acceptors (Lipinski definition) is 3. The highest BCUT2D eigenvalue weighted by Crippen LogP contribution is 2.22. The molecule has 1 aromatic rings. The molecule has 0 aliphatic rings. The number of aliphatic hydroxyl groups is 1. The summed E-state index contributed by atoms with van der Waals surface area (Å²) in [6.45, 7) is 4.96. The summed E-state index contributed by atoms with van der Waals surface area (Å²) in [6, 6.07) is 6.94. The Morgan fingerprint density at radius 3 is 2.67 bits per heavy atom. The van der Waals surface area contributed by atoms with Crippen LogP contribution in [-0.2, 0) is 4.79 Å². The first-order chi connectivity index (χ1) is 8.33. The van der Waals surface area contributed by atoms with E-state index in [1.165, 1.54) is 0 Å². The fraction of sp³-hybridized carbons (Fsp3) is 0.462. The van der Waals surface area contributed by atoms with Crippen molar-refractivity contribution in [1.29, 1.82) is 0 Å². The van der Waals surface area contributed by atoms with Crippen molar-refractivity contribution >= 4 is 17.5 Å². The van der Waals surface area contributed by atoms with E-state index in [-0.39, 0.29) is 12.5 Å². The van der Waals surface area contributed by atoms with Crippen LogP contribution in [-0.4, -0.2) is 29.3 Å². The summed E-state index contributed by atoms with van der Waals surface area (Å²) in [5, 5.41) is 12.6. The average Bonchev–Trinajstić information content (AvgIpc) is 2.27. The van der Waals surface area contributed by atoms with Crippen LogP contribution in [0.4, 0.5) is 0 Å².